The van der Waals surface area contributed by atoms with E-state index in [1.54, 1.807) is 30.3 Å². The van der Waals surface area contributed by atoms with Crippen LogP contribution in [0.2, 0.25) is 0 Å². The van der Waals surface area contributed by atoms with Gasteiger partial charge in [0.2, 0.25) is 5.91 Å². The number of hydrogen-bond donors (Lipinski definition) is 2. The van der Waals surface area contributed by atoms with Crippen molar-refractivity contribution in [1.82, 2.24) is 10.3 Å². The molecular formula is C19H13N5O2. The molecular weight excluding hydrogens is 330 g/mol. The zero-order valence-corrected chi connectivity index (χ0v) is 13.6. The van der Waals surface area contributed by atoms with Gasteiger partial charge in [-0.3, -0.25) is 14.6 Å². The molecule has 3 rings (SSSR count). The highest BCUT2D eigenvalue weighted by Crippen LogP contribution is 2.30. The van der Waals surface area contributed by atoms with Gasteiger partial charge in [-0.15, -0.1) is 6.42 Å². The van der Waals surface area contributed by atoms with Gasteiger partial charge in [-0.1, -0.05) is 5.92 Å². The third-order valence-corrected chi connectivity index (χ3v) is 3.67. The Balaban J connectivity index is 1.99. The molecule has 0 bridgehead atoms. The fraction of sp³-hybridized carbons (Fsp3) is 0.105. The molecule has 2 N–H and O–H groups in total. The molecule has 2 heterocycles. The number of hydrogen-bond acceptors (Lipinski definition) is 5. The second-order valence-electron chi connectivity index (χ2n) is 5.44. The molecule has 0 saturated heterocycles. The molecule has 126 valence electrons. The number of aliphatic imine (C=N–C) groups is 1. The van der Waals surface area contributed by atoms with Crippen molar-refractivity contribution >= 4 is 28.9 Å². The van der Waals surface area contributed by atoms with Gasteiger partial charge in [0.05, 0.1) is 30.1 Å². The molecule has 2 aromatic rings. The number of amides is 2. The van der Waals surface area contributed by atoms with E-state index in [0.717, 1.165) is 0 Å². The lowest BCUT2D eigenvalue weighted by molar-refractivity contribution is -0.115. The molecule has 7 nitrogen and oxygen atoms in total. The van der Waals surface area contributed by atoms with Crippen LogP contribution >= 0.6 is 0 Å². The lowest BCUT2D eigenvalue weighted by Crippen LogP contribution is -2.23. The van der Waals surface area contributed by atoms with E-state index in [9.17, 15) is 9.59 Å². The predicted octanol–water partition coefficient (Wildman–Crippen LogP) is 1.78. The molecule has 0 aliphatic carbocycles. The topological polar surface area (TPSA) is 107 Å². The second kappa shape index (κ2) is 7.29. The number of terminal acetylenes is 1. The number of aromatic nitrogens is 1. The molecule has 1 aromatic carbocycles. The van der Waals surface area contributed by atoms with Crippen molar-refractivity contribution in [2.75, 3.05) is 11.9 Å². The van der Waals surface area contributed by atoms with Crippen molar-refractivity contribution in [3.63, 3.8) is 0 Å². The van der Waals surface area contributed by atoms with Crippen LogP contribution in [-0.2, 0) is 4.79 Å². The van der Waals surface area contributed by atoms with E-state index >= 15 is 0 Å². The summed E-state index contributed by atoms with van der Waals surface area (Å²) in [6.45, 7) is 0.119. The Kier molecular flexibility index (Phi) is 4.73. The van der Waals surface area contributed by atoms with E-state index in [-0.39, 0.29) is 30.5 Å². The number of pyridine rings is 1. The first-order valence-electron chi connectivity index (χ1n) is 7.70. The molecule has 0 radical (unpaired) electrons. The van der Waals surface area contributed by atoms with Crippen LogP contribution in [0.25, 0.3) is 0 Å². The van der Waals surface area contributed by atoms with E-state index in [4.69, 9.17) is 11.7 Å². The van der Waals surface area contributed by atoms with Crippen LogP contribution in [-0.4, -0.2) is 29.1 Å². The molecule has 0 fully saturated rings. The minimum absolute atomic E-state index is 0.0438. The number of carbonyl (C=O) groups is 2. The average molecular weight is 343 g/mol. The monoisotopic (exact) mass is 343 g/mol. The predicted molar refractivity (Wildman–Crippen MR) is 96.0 cm³/mol. The third-order valence-electron chi connectivity index (χ3n) is 3.67. The van der Waals surface area contributed by atoms with Crippen molar-refractivity contribution < 1.29 is 9.59 Å². The summed E-state index contributed by atoms with van der Waals surface area (Å²) in [5.41, 5.74) is 2.74. The largest absolute Gasteiger partial charge is 0.341 e. The van der Waals surface area contributed by atoms with Crippen LogP contribution < -0.4 is 10.6 Å². The zero-order valence-electron chi connectivity index (χ0n) is 13.6. The van der Waals surface area contributed by atoms with Crippen LogP contribution in [0.3, 0.4) is 0 Å². The van der Waals surface area contributed by atoms with Gasteiger partial charge in [0.15, 0.2) is 0 Å². The molecule has 0 spiro atoms. The van der Waals surface area contributed by atoms with Gasteiger partial charge < -0.3 is 10.6 Å². The first-order chi connectivity index (χ1) is 12.6. The van der Waals surface area contributed by atoms with E-state index in [0.29, 0.717) is 28.2 Å². The van der Waals surface area contributed by atoms with Gasteiger partial charge in [-0.05, 0) is 30.3 Å². The summed E-state index contributed by atoms with van der Waals surface area (Å²) < 4.78 is 0. The maximum atomic E-state index is 12.2. The Bertz CT molecular complexity index is 1010. The highest BCUT2D eigenvalue weighted by Gasteiger charge is 2.19. The summed E-state index contributed by atoms with van der Waals surface area (Å²) in [7, 11) is 0. The summed E-state index contributed by atoms with van der Waals surface area (Å²) in [5.74, 6) is 1.73. The van der Waals surface area contributed by atoms with Crippen LogP contribution in [0.1, 0.15) is 28.0 Å². The fourth-order valence-electron chi connectivity index (χ4n) is 2.48. The molecule has 1 aromatic heterocycles. The van der Waals surface area contributed by atoms with Crippen LogP contribution in [0.15, 0.2) is 41.5 Å². The molecule has 0 atom stereocenters. The Morgan fingerprint density at radius 2 is 2.19 bits per heavy atom. The molecule has 7 heteroatoms. The first kappa shape index (κ1) is 16.9. The Morgan fingerprint density at radius 3 is 2.96 bits per heavy atom. The SMILES string of the molecule is C#CCNC(=O)c1ccc2c(c1)NC(=O)CC(c1ccnc(C#N)c1)=N2. The lowest BCUT2D eigenvalue weighted by Gasteiger charge is -2.07. The minimum Gasteiger partial charge on any atom is -0.341 e. The highest BCUT2D eigenvalue weighted by atomic mass is 16.2. The van der Waals surface area contributed by atoms with E-state index in [2.05, 4.69) is 26.5 Å². The number of nitrogens with zero attached hydrogens (tertiary/aromatic N) is 3. The van der Waals surface area contributed by atoms with Gasteiger partial charge >= 0.3 is 0 Å². The third kappa shape index (κ3) is 3.58. The molecule has 1 aliphatic heterocycles. The van der Waals surface area contributed by atoms with E-state index in [1.807, 2.05) is 6.07 Å². The van der Waals surface area contributed by atoms with Crippen LogP contribution in [0.5, 0.6) is 0 Å². The van der Waals surface area contributed by atoms with Crippen molar-refractivity contribution in [3.8, 4) is 18.4 Å². The molecule has 1 aliphatic rings. The van der Waals surface area contributed by atoms with E-state index in [1.165, 1.54) is 6.20 Å². The van der Waals surface area contributed by atoms with Gasteiger partial charge in [-0.25, -0.2) is 4.98 Å². The number of anilines is 1. The van der Waals surface area contributed by atoms with Gasteiger partial charge in [0, 0.05) is 17.3 Å². The Morgan fingerprint density at radius 1 is 1.35 bits per heavy atom. The first-order valence-corrected chi connectivity index (χ1v) is 7.70. The number of nitrogens with one attached hydrogen (secondary N) is 2. The van der Waals surface area contributed by atoms with Crippen molar-refractivity contribution in [3.05, 3.63) is 53.3 Å². The van der Waals surface area contributed by atoms with Crippen LogP contribution in [0.4, 0.5) is 11.4 Å². The summed E-state index contributed by atoms with van der Waals surface area (Å²) in [5, 5.41) is 14.3. The zero-order chi connectivity index (χ0) is 18.5. The quantitative estimate of drug-likeness (QED) is 0.828. The average Bonchev–Trinajstić information content (AvgIpc) is 2.83. The number of carbonyl (C=O) groups excluding carboxylic acids is 2. The van der Waals surface area contributed by atoms with Crippen molar-refractivity contribution in [2.45, 2.75) is 6.42 Å². The molecule has 2 amide bonds. The summed E-state index contributed by atoms with van der Waals surface area (Å²) in [6, 6.07) is 10.1. The standard InChI is InChI=1S/C19H13N5O2/c1-2-6-22-19(26)13-3-4-15-17(9-13)24-18(25)10-16(23-15)12-5-7-21-14(8-12)11-20/h1,3-5,7-9H,6,10H2,(H,22,26)(H,24,25). The minimum atomic E-state index is -0.332. The van der Waals surface area contributed by atoms with Crippen molar-refractivity contribution in [2.24, 2.45) is 4.99 Å². The van der Waals surface area contributed by atoms with Crippen molar-refractivity contribution in [1.29, 1.82) is 5.26 Å². The van der Waals surface area contributed by atoms with Gasteiger partial charge in [-0.2, -0.15) is 5.26 Å². The molecule has 0 unspecified atom stereocenters. The Labute approximate surface area is 149 Å². The normalized spacial score (nSPS) is 12.5. The maximum Gasteiger partial charge on any atom is 0.252 e. The number of benzene rings is 1. The second-order valence-corrected chi connectivity index (χ2v) is 5.44. The number of nitriles is 1. The number of fused-ring (bicyclic) bond motifs is 1. The maximum absolute atomic E-state index is 12.2. The summed E-state index contributed by atoms with van der Waals surface area (Å²) >= 11 is 0. The smallest absolute Gasteiger partial charge is 0.252 e. The number of rotatable bonds is 3. The summed E-state index contributed by atoms with van der Waals surface area (Å²) in [6.07, 6.45) is 6.67. The highest BCUT2D eigenvalue weighted by molar-refractivity contribution is 6.17. The van der Waals surface area contributed by atoms with E-state index < -0.39 is 0 Å². The lowest BCUT2D eigenvalue weighted by atomic mass is 10.1. The molecule has 0 saturated carbocycles. The van der Waals surface area contributed by atoms with Gasteiger partial charge in [0.25, 0.3) is 5.91 Å². The molecule has 26 heavy (non-hydrogen) atoms. The fourth-order valence-corrected chi connectivity index (χ4v) is 2.48. The van der Waals surface area contributed by atoms with Gasteiger partial charge in [0.1, 0.15) is 11.8 Å². The Hall–Kier alpha value is -3.97. The summed E-state index contributed by atoms with van der Waals surface area (Å²) in [4.78, 5) is 32.7. The van der Waals surface area contributed by atoms with Crippen LogP contribution in [0, 0.1) is 23.7 Å².